The van der Waals surface area contributed by atoms with Crippen molar-refractivity contribution >= 4 is 11.8 Å². The van der Waals surface area contributed by atoms with Gasteiger partial charge in [0, 0.05) is 38.9 Å². The fraction of sp³-hybridized carbons (Fsp3) is 0.435. The molecule has 2 heterocycles. The van der Waals surface area contributed by atoms with Crippen LogP contribution in [0.1, 0.15) is 41.6 Å². The van der Waals surface area contributed by atoms with Gasteiger partial charge < -0.3 is 14.4 Å². The van der Waals surface area contributed by atoms with E-state index < -0.39 is 0 Å². The molecule has 1 fully saturated rings. The number of aromatic nitrogens is 1. The van der Waals surface area contributed by atoms with E-state index in [-0.39, 0.29) is 23.9 Å². The van der Waals surface area contributed by atoms with Crippen molar-refractivity contribution in [3.05, 3.63) is 70.1 Å². The van der Waals surface area contributed by atoms with Gasteiger partial charge in [0.2, 0.25) is 5.91 Å². The number of piperidine rings is 1. The van der Waals surface area contributed by atoms with Gasteiger partial charge in [-0.25, -0.2) is 0 Å². The van der Waals surface area contributed by atoms with Gasteiger partial charge in [-0.2, -0.15) is 0 Å². The number of amides is 2. The predicted molar refractivity (Wildman–Crippen MR) is 113 cm³/mol. The average Bonchev–Trinajstić information content (AvgIpc) is 2.76. The molecule has 29 heavy (non-hydrogen) atoms. The number of likely N-dealkylation sites (tertiary alicyclic amines) is 1. The van der Waals surface area contributed by atoms with Crippen LogP contribution in [0.4, 0.5) is 0 Å². The van der Waals surface area contributed by atoms with Crippen LogP contribution in [0, 0.1) is 0 Å². The topological polar surface area (TPSA) is 62.6 Å². The molecule has 0 unspecified atom stereocenters. The molecule has 0 radical (unpaired) electrons. The Hall–Kier alpha value is -2.89. The molecule has 6 nitrogen and oxygen atoms in total. The minimum absolute atomic E-state index is 0.0162. The highest BCUT2D eigenvalue weighted by molar-refractivity contribution is 5.93. The standard InChI is InChI=1S/C23H29N3O3/c1-24(14-8-11-19-9-4-2-5-10-19)23(29)20-12-13-21(27)26(17-20)18-22(28)25-15-6-3-7-16-25/h2,4-5,9-10,12-13,17H,3,6-8,11,14-16,18H2,1H3. The summed E-state index contributed by atoms with van der Waals surface area (Å²) in [7, 11) is 1.77. The fourth-order valence-electron chi connectivity index (χ4n) is 3.66. The minimum atomic E-state index is -0.265. The summed E-state index contributed by atoms with van der Waals surface area (Å²) in [5, 5.41) is 0. The third kappa shape index (κ3) is 5.79. The summed E-state index contributed by atoms with van der Waals surface area (Å²) < 4.78 is 1.35. The third-order valence-corrected chi connectivity index (χ3v) is 5.39. The van der Waals surface area contributed by atoms with Crippen LogP contribution in [-0.4, -0.2) is 52.9 Å². The van der Waals surface area contributed by atoms with Gasteiger partial charge in [-0.3, -0.25) is 14.4 Å². The zero-order chi connectivity index (χ0) is 20.6. The minimum Gasteiger partial charge on any atom is -0.342 e. The molecular weight excluding hydrogens is 366 g/mol. The third-order valence-electron chi connectivity index (χ3n) is 5.39. The number of carbonyl (C=O) groups is 2. The van der Waals surface area contributed by atoms with Crippen molar-refractivity contribution in [3.8, 4) is 0 Å². The maximum atomic E-state index is 12.8. The lowest BCUT2D eigenvalue weighted by Gasteiger charge is -2.27. The van der Waals surface area contributed by atoms with Crippen LogP contribution in [0.2, 0.25) is 0 Å². The number of nitrogens with zero attached hydrogens (tertiary/aromatic N) is 3. The highest BCUT2D eigenvalue weighted by Gasteiger charge is 2.18. The van der Waals surface area contributed by atoms with Gasteiger partial charge in [0.25, 0.3) is 11.5 Å². The van der Waals surface area contributed by atoms with Crippen molar-refractivity contribution < 1.29 is 9.59 Å². The maximum Gasteiger partial charge on any atom is 0.255 e. The molecule has 2 aromatic rings. The maximum absolute atomic E-state index is 12.8. The van der Waals surface area contributed by atoms with Crippen molar-refractivity contribution in [2.75, 3.05) is 26.7 Å². The first kappa shape index (κ1) is 20.8. The number of hydrogen-bond donors (Lipinski definition) is 0. The van der Waals surface area contributed by atoms with E-state index in [1.807, 2.05) is 18.2 Å². The molecule has 0 bridgehead atoms. The highest BCUT2D eigenvalue weighted by Crippen LogP contribution is 2.10. The van der Waals surface area contributed by atoms with Crippen LogP contribution in [0.15, 0.2) is 53.5 Å². The molecule has 0 saturated carbocycles. The molecule has 6 heteroatoms. The van der Waals surface area contributed by atoms with Crippen molar-refractivity contribution in [1.29, 1.82) is 0 Å². The second-order valence-corrected chi connectivity index (χ2v) is 7.64. The normalized spacial score (nSPS) is 13.9. The number of hydrogen-bond acceptors (Lipinski definition) is 3. The Balaban J connectivity index is 1.59. The van der Waals surface area contributed by atoms with Crippen LogP contribution < -0.4 is 5.56 Å². The number of rotatable bonds is 7. The number of aryl methyl sites for hydroxylation is 1. The second-order valence-electron chi connectivity index (χ2n) is 7.64. The SMILES string of the molecule is CN(CCCc1ccccc1)C(=O)c1ccc(=O)n(CC(=O)N2CCCCC2)c1. The van der Waals surface area contributed by atoms with Gasteiger partial charge >= 0.3 is 0 Å². The molecular formula is C23H29N3O3. The van der Waals surface area contributed by atoms with E-state index in [1.54, 1.807) is 22.9 Å². The molecule has 1 aromatic heterocycles. The van der Waals surface area contributed by atoms with Gasteiger partial charge in [-0.15, -0.1) is 0 Å². The first-order chi connectivity index (χ1) is 14.0. The quantitative estimate of drug-likeness (QED) is 0.724. The predicted octanol–water partition coefficient (Wildman–Crippen LogP) is 2.57. The zero-order valence-electron chi connectivity index (χ0n) is 17.0. The number of benzene rings is 1. The summed E-state index contributed by atoms with van der Waals surface area (Å²) in [5.74, 6) is -0.204. The van der Waals surface area contributed by atoms with Crippen LogP contribution in [-0.2, 0) is 17.8 Å². The number of pyridine rings is 1. The van der Waals surface area contributed by atoms with E-state index in [0.29, 0.717) is 12.1 Å². The van der Waals surface area contributed by atoms with E-state index in [2.05, 4.69) is 12.1 Å². The smallest absolute Gasteiger partial charge is 0.255 e. The summed E-state index contributed by atoms with van der Waals surface area (Å²) in [6, 6.07) is 13.1. The van der Waals surface area contributed by atoms with Gasteiger partial charge in [0.05, 0.1) is 5.56 Å². The Kier molecular flexibility index (Phi) is 7.22. The summed E-state index contributed by atoms with van der Waals surface area (Å²) in [6.07, 6.45) is 6.44. The van der Waals surface area contributed by atoms with E-state index >= 15 is 0 Å². The fourth-order valence-corrected chi connectivity index (χ4v) is 3.66. The lowest BCUT2D eigenvalue weighted by atomic mass is 10.1. The lowest BCUT2D eigenvalue weighted by molar-refractivity contribution is -0.132. The molecule has 0 atom stereocenters. The monoisotopic (exact) mass is 395 g/mol. The average molecular weight is 396 g/mol. The van der Waals surface area contributed by atoms with Gasteiger partial charge in [-0.1, -0.05) is 30.3 Å². The van der Waals surface area contributed by atoms with E-state index in [1.165, 1.54) is 22.4 Å². The lowest BCUT2D eigenvalue weighted by Crippen LogP contribution is -2.39. The Morgan fingerprint density at radius 1 is 1.00 bits per heavy atom. The van der Waals surface area contributed by atoms with E-state index in [0.717, 1.165) is 45.2 Å². The van der Waals surface area contributed by atoms with Crippen molar-refractivity contribution in [2.45, 2.75) is 38.6 Å². The van der Waals surface area contributed by atoms with Crippen LogP contribution in [0.5, 0.6) is 0 Å². The van der Waals surface area contributed by atoms with Gasteiger partial charge in [0.15, 0.2) is 0 Å². The van der Waals surface area contributed by atoms with Crippen LogP contribution >= 0.6 is 0 Å². The first-order valence-corrected chi connectivity index (χ1v) is 10.3. The molecule has 1 aromatic carbocycles. The summed E-state index contributed by atoms with van der Waals surface area (Å²) in [4.78, 5) is 40.9. The molecule has 1 aliphatic heterocycles. The Labute approximate surface area is 171 Å². The summed E-state index contributed by atoms with van der Waals surface area (Å²) in [5.41, 5.74) is 1.41. The number of carbonyl (C=O) groups excluding carboxylic acids is 2. The molecule has 0 aliphatic carbocycles. The van der Waals surface area contributed by atoms with Crippen LogP contribution in [0.3, 0.4) is 0 Å². The largest absolute Gasteiger partial charge is 0.342 e. The molecule has 1 aliphatic rings. The molecule has 154 valence electrons. The first-order valence-electron chi connectivity index (χ1n) is 10.3. The van der Waals surface area contributed by atoms with Crippen molar-refractivity contribution in [2.24, 2.45) is 0 Å². The molecule has 0 spiro atoms. The van der Waals surface area contributed by atoms with Crippen molar-refractivity contribution in [3.63, 3.8) is 0 Å². The highest BCUT2D eigenvalue weighted by atomic mass is 16.2. The molecule has 0 N–H and O–H groups in total. The Morgan fingerprint density at radius 2 is 1.72 bits per heavy atom. The Morgan fingerprint density at radius 3 is 2.45 bits per heavy atom. The summed E-state index contributed by atoms with van der Waals surface area (Å²) in [6.45, 7) is 2.10. The van der Waals surface area contributed by atoms with Crippen molar-refractivity contribution in [1.82, 2.24) is 14.4 Å². The van der Waals surface area contributed by atoms with Crippen LogP contribution in [0.25, 0.3) is 0 Å². The molecule has 1 saturated heterocycles. The van der Waals surface area contributed by atoms with Gasteiger partial charge in [-0.05, 0) is 43.7 Å². The van der Waals surface area contributed by atoms with E-state index in [4.69, 9.17) is 0 Å². The van der Waals surface area contributed by atoms with E-state index in [9.17, 15) is 14.4 Å². The van der Waals surface area contributed by atoms with Gasteiger partial charge in [0.1, 0.15) is 6.54 Å². The molecule has 2 amide bonds. The molecule has 3 rings (SSSR count). The zero-order valence-corrected chi connectivity index (χ0v) is 17.0. The second kappa shape index (κ2) is 10.0. The Bertz CT molecular complexity index is 886. The summed E-state index contributed by atoms with van der Waals surface area (Å²) >= 11 is 0.